The Morgan fingerprint density at radius 3 is 2.42 bits per heavy atom. The summed E-state index contributed by atoms with van der Waals surface area (Å²) in [6.45, 7) is 8.21. The van der Waals surface area contributed by atoms with E-state index in [1.54, 1.807) is 0 Å². The third-order valence-corrected chi connectivity index (χ3v) is 3.69. The highest BCUT2D eigenvalue weighted by molar-refractivity contribution is 5.29. The van der Waals surface area contributed by atoms with Crippen LogP contribution < -0.4 is 5.32 Å². The topological polar surface area (TPSA) is 29.9 Å². The molecule has 0 saturated carbocycles. The van der Waals surface area contributed by atoms with Crippen molar-refractivity contribution in [3.8, 4) is 0 Å². The Morgan fingerprint density at radius 1 is 1.16 bits per heavy atom. The highest BCUT2D eigenvalue weighted by atomic mass is 15.3. The first-order valence-corrected chi connectivity index (χ1v) is 6.91. The Hall–Kier alpha value is -1.61. The van der Waals surface area contributed by atoms with E-state index in [0.29, 0.717) is 0 Å². The van der Waals surface area contributed by atoms with Gasteiger partial charge < -0.3 is 5.32 Å². The van der Waals surface area contributed by atoms with Crippen LogP contribution in [0.5, 0.6) is 0 Å². The van der Waals surface area contributed by atoms with Crippen LogP contribution in [-0.4, -0.2) is 16.8 Å². The molecule has 1 aromatic carbocycles. The largest absolute Gasteiger partial charge is 0.316 e. The van der Waals surface area contributed by atoms with Crippen molar-refractivity contribution in [2.24, 2.45) is 0 Å². The maximum Gasteiger partial charge on any atom is 0.0665 e. The molecule has 0 saturated heterocycles. The lowest BCUT2D eigenvalue weighted by Crippen LogP contribution is -2.11. The van der Waals surface area contributed by atoms with Gasteiger partial charge in [-0.3, -0.25) is 4.68 Å². The van der Waals surface area contributed by atoms with Gasteiger partial charge in [-0.2, -0.15) is 5.10 Å². The van der Waals surface area contributed by atoms with Gasteiger partial charge in [-0.15, -0.1) is 0 Å². The van der Waals surface area contributed by atoms with Crippen LogP contribution in [0.3, 0.4) is 0 Å². The number of aromatic nitrogens is 2. The van der Waals surface area contributed by atoms with Crippen LogP contribution in [0.15, 0.2) is 24.3 Å². The van der Waals surface area contributed by atoms with E-state index in [2.05, 4.69) is 60.1 Å². The molecular weight excluding hydrogens is 234 g/mol. The molecule has 0 aliphatic rings. The van der Waals surface area contributed by atoms with E-state index in [-0.39, 0.29) is 0 Å². The zero-order chi connectivity index (χ0) is 13.8. The fourth-order valence-electron chi connectivity index (χ4n) is 2.64. The maximum atomic E-state index is 4.67. The number of aryl methyl sites for hydroxylation is 1. The molecule has 0 amide bonds. The van der Waals surface area contributed by atoms with E-state index in [4.69, 9.17) is 0 Å². The molecule has 0 radical (unpaired) electrons. The normalized spacial score (nSPS) is 10.9. The van der Waals surface area contributed by atoms with Gasteiger partial charge in [-0.05, 0) is 44.0 Å². The minimum Gasteiger partial charge on any atom is -0.316 e. The summed E-state index contributed by atoms with van der Waals surface area (Å²) in [4.78, 5) is 0. The maximum absolute atomic E-state index is 4.67. The lowest BCUT2D eigenvalue weighted by Gasteiger charge is -2.10. The molecule has 1 aromatic heterocycles. The number of nitrogens with one attached hydrogen (secondary N) is 1. The van der Waals surface area contributed by atoms with Gasteiger partial charge in [0.1, 0.15) is 0 Å². The first-order chi connectivity index (χ1) is 9.17. The van der Waals surface area contributed by atoms with E-state index in [0.717, 1.165) is 25.2 Å². The molecule has 19 heavy (non-hydrogen) atoms. The summed E-state index contributed by atoms with van der Waals surface area (Å²) in [5.41, 5.74) is 6.51. The molecule has 0 aliphatic heterocycles. The van der Waals surface area contributed by atoms with Crippen molar-refractivity contribution in [3.05, 3.63) is 52.3 Å². The second-order valence-corrected chi connectivity index (χ2v) is 4.96. The summed E-state index contributed by atoms with van der Waals surface area (Å²) in [5, 5.41) is 7.90. The Balaban J connectivity index is 2.31. The number of benzene rings is 1. The molecule has 1 heterocycles. The zero-order valence-corrected chi connectivity index (χ0v) is 12.3. The van der Waals surface area contributed by atoms with Crippen LogP contribution in [0.25, 0.3) is 0 Å². The first kappa shape index (κ1) is 13.8. The lowest BCUT2D eigenvalue weighted by molar-refractivity contribution is 0.649. The van der Waals surface area contributed by atoms with Crippen LogP contribution in [0.1, 0.15) is 35.0 Å². The standard InChI is InChI=1S/C16H23N3/c1-5-16-12(2)18-19(13(16)3)11-15-9-7-6-8-14(15)10-17-4/h6-9,17H,5,10-11H2,1-4H3. The monoisotopic (exact) mass is 257 g/mol. The fraction of sp³-hybridized carbons (Fsp3) is 0.438. The average Bonchev–Trinajstić information content (AvgIpc) is 2.67. The highest BCUT2D eigenvalue weighted by Gasteiger charge is 2.11. The van der Waals surface area contributed by atoms with E-state index in [1.165, 1.54) is 22.4 Å². The van der Waals surface area contributed by atoms with Gasteiger partial charge >= 0.3 is 0 Å². The molecule has 0 atom stereocenters. The minimum atomic E-state index is 0.852. The van der Waals surface area contributed by atoms with Gasteiger partial charge in [0.2, 0.25) is 0 Å². The molecule has 3 nitrogen and oxygen atoms in total. The van der Waals surface area contributed by atoms with Gasteiger partial charge in [-0.1, -0.05) is 31.2 Å². The van der Waals surface area contributed by atoms with Crippen LogP contribution >= 0.6 is 0 Å². The van der Waals surface area contributed by atoms with Crippen LogP contribution in [0.4, 0.5) is 0 Å². The molecule has 0 unspecified atom stereocenters. The van der Waals surface area contributed by atoms with E-state index in [1.807, 2.05) is 7.05 Å². The molecule has 3 heteroatoms. The van der Waals surface area contributed by atoms with E-state index < -0.39 is 0 Å². The number of hydrogen-bond acceptors (Lipinski definition) is 2. The summed E-state index contributed by atoms with van der Waals surface area (Å²) in [7, 11) is 1.98. The van der Waals surface area contributed by atoms with Gasteiger partial charge in [0.25, 0.3) is 0 Å². The third-order valence-electron chi connectivity index (χ3n) is 3.69. The molecular formula is C16H23N3. The smallest absolute Gasteiger partial charge is 0.0665 e. The van der Waals surface area contributed by atoms with Crippen LogP contribution in [0.2, 0.25) is 0 Å². The molecule has 2 aromatic rings. The molecule has 2 rings (SSSR count). The van der Waals surface area contributed by atoms with Crippen molar-refractivity contribution in [2.75, 3.05) is 7.05 Å². The summed E-state index contributed by atoms with van der Waals surface area (Å²) in [6, 6.07) is 8.56. The van der Waals surface area contributed by atoms with Crippen molar-refractivity contribution in [1.29, 1.82) is 0 Å². The SMILES string of the molecule is CCc1c(C)nn(Cc2ccccc2CNC)c1C. The predicted octanol–water partition coefficient (Wildman–Crippen LogP) is 2.83. The summed E-state index contributed by atoms with van der Waals surface area (Å²) >= 11 is 0. The number of rotatable bonds is 5. The Kier molecular flexibility index (Phi) is 4.38. The molecule has 1 N–H and O–H groups in total. The molecule has 0 spiro atoms. The summed E-state index contributed by atoms with van der Waals surface area (Å²) in [5.74, 6) is 0. The summed E-state index contributed by atoms with van der Waals surface area (Å²) in [6.07, 6.45) is 1.05. The highest BCUT2D eigenvalue weighted by Crippen LogP contribution is 2.17. The van der Waals surface area contributed by atoms with E-state index in [9.17, 15) is 0 Å². The molecule has 102 valence electrons. The van der Waals surface area contributed by atoms with Crippen LogP contribution in [-0.2, 0) is 19.5 Å². The van der Waals surface area contributed by atoms with Crippen molar-refractivity contribution in [3.63, 3.8) is 0 Å². The first-order valence-electron chi connectivity index (χ1n) is 6.91. The van der Waals surface area contributed by atoms with Gasteiger partial charge in [0.15, 0.2) is 0 Å². The predicted molar refractivity (Wildman–Crippen MR) is 79.4 cm³/mol. The van der Waals surface area contributed by atoms with Crippen molar-refractivity contribution in [2.45, 2.75) is 40.3 Å². The van der Waals surface area contributed by atoms with Crippen molar-refractivity contribution < 1.29 is 0 Å². The number of hydrogen-bond donors (Lipinski definition) is 1. The second-order valence-electron chi connectivity index (χ2n) is 4.96. The average molecular weight is 257 g/mol. The van der Waals surface area contributed by atoms with Gasteiger partial charge in [-0.25, -0.2) is 0 Å². The quantitative estimate of drug-likeness (QED) is 0.892. The lowest BCUT2D eigenvalue weighted by atomic mass is 10.1. The summed E-state index contributed by atoms with van der Waals surface area (Å²) < 4.78 is 2.13. The number of nitrogens with zero attached hydrogens (tertiary/aromatic N) is 2. The molecule has 0 fully saturated rings. The Bertz CT molecular complexity index is 555. The van der Waals surface area contributed by atoms with Crippen LogP contribution in [0, 0.1) is 13.8 Å². The van der Waals surface area contributed by atoms with Gasteiger partial charge in [0, 0.05) is 12.2 Å². The minimum absolute atomic E-state index is 0.852. The van der Waals surface area contributed by atoms with Crippen molar-refractivity contribution in [1.82, 2.24) is 15.1 Å². The molecule has 0 aliphatic carbocycles. The van der Waals surface area contributed by atoms with E-state index >= 15 is 0 Å². The Morgan fingerprint density at radius 2 is 1.84 bits per heavy atom. The third kappa shape index (κ3) is 2.87. The second kappa shape index (κ2) is 6.02. The fourth-order valence-corrected chi connectivity index (χ4v) is 2.64. The molecule has 0 bridgehead atoms. The van der Waals surface area contributed by atoms with Gasteiger partial charge in [0.05, 0.1) is 12.2 Å². The zero-order valence-electron chi connectivity index (χ0n) is 12.3. The van der Waals surface area contributed by atoms with Crippen molar-refractivity contribution >= 4 is 0 Å². The Labute approximate surface area is 115 Å².